The van der Waals surface area contributed by atoms with Crippen LogP contribution in [-0.4, -0.2) is 6.54 Å². The van der Waals surface area contributed by atoms with Crippen LogP contribution in [0.25, 0.3) is 0 Å². The number of hydrogen-bond acceptors (Lipinski definition) is 1. The smallest absolute Gasteiger partial charge is 0.0366 e. The van der Waals surface area contributed by atoms with Crippen LogP contribution >= 0.6 is 0 Å². The highest BCUT2D eigenvalue weighted by Crippen LogP contribution is 2.45. The van der Waals surface area contributed by atoms with E-state index in [1.165, 1.54) is 44.2 Å². The Kier molecular flexibility index (Phi) is 5.01. The summed E-state index contributed by atoms with van der Waals surface area (Å²) in [5, 5.41) is 3.75. The molecule has 0 spiro atoms. The molecule has 4 unspecified atom stereocenters. The molecule has 0 radical (unpaired) electrons. The summed E-state index contributed by atoms with van der Waals surface area (Å²) in [6.07, 6.45) is 24.8. The molecule has 3 aliphatic carbocycles. The quantitative estimate of drug-likeness (QED) is 0.629. The fourth-order valence-corrected chi connectivity index (χ4v) is 5.28. The van der Waals surface area contributed by atoms with Crippen LogP contribution in [-0.2, 0) is 0 Å². The lowest BCUT2D eigenvalue weighted by atomic mass is 9.66. The molecule has 4 aliphatic rings. The summed E-state index contributed by atoms with van der Waals surface area (Å²) in [7, 11) is 0. The van der Waals surface area contributed by atoms with Crippen molar-refractivity contribution in [3.63, 3.8) is 0 Å². The lowest BCUT2D eigenvalue weighted by molar-refractivity contribution is 0.286. The molecule has 1 aliphatic heterocycles. The molecule has 0 fully saturated rings. The third kappa shape index (κ3) is 3.43. The number of allylic oxidation sites excluding steroid dienone is 9. The van der Waals surface area contributed by atoms with E-state index in [9.17, 15) is 0 Å². The molecule has 0 saturated carbocycles. The van der Waals surface area contributed by atoms with Gasteiger partial charge in [-0.3, -0.25) is 0 Å². The molecule has 25 heavy (non-hydrogen) atoms. The van der Waals surface area contributed by atoms with Gasteiger partial charge in [-0.2, -0.15) is 0 Å². The number of dihydropyridines is 1. The summed E-state index contributed by atoms with van der Waals surface area (Å²) in [5.74, 6) is 3.53. The predicted octanol–water partition coefficient (Wildman–Crippen LogP) is 5.94. The van der Waals surface area contributed by atoms with E-state index in [2.05, 4.69) is 61.7 Å². The highest BCUT2D eigenvalue weighted by molar-refractivity contribution is 5.40. The van der Waals surface area contributed by atoms with Crippen molar-refractivity contribution in [1.29, 1.82) is 0 Å². The van der Waals surface area contributed by atoms with E-state index >= 15 is 0 Å². The Bertz CT molecular complexity index is 643. The summed E-state index contributed by atoms with van der Waals surface area (Å²) < 4.78 is 0. The minimum atomic E-state index is 0.587. The fourth-order valence-electron chi connectivity index (χ4n) is 5.28. The zero-order valence-electron chi connectivity index (χ0n) is 15.9. The summed E-state index contributed by atoms with van der Waals surface area (Å²) in [6.45, 7) is 5.71. The first-order valence-corrected chi connectivity index (χ1v) is 10.4. The second-order valence-corrected chi connectivity index (χ2v) is 8.59. The maximum absolute atomic E-state index is 3.75. The summed E-state index contributed by atoms with van der Waals surface area (Å²) >= 11 is 0. The average Bonchev–Trinajstić information content (AvgIpc) is 2.67. The second kappa shape index (κ2) is 7.40. The van der Waals surface area contributed by atoms with Crippen molar-refractivity contribution >= 4 is 0 Å². The van der Waals surface area contributed by atoms with Crippen LogP contribution in [0.15, 0.2) is 59.4 Å². The lowest BCUT2D eigenvalue weighted by Gasteiger charge is -2.40. The largest absolute Gasteiger partial charge is 0.384 e. The molecule has 0 aromatic carbocycles. The van der Waals surface area contributed by atoms with Crippen LogP contribution in [0.3, 0.4) is 0 Å². The second-order valence-electron chi connectivity index (χ2n) is 8.59. The maximum Gasteiger partial charge on any atom is 0.0366 e. The number of hydrogen-bond donors (Lipinski definition) is 1. The minimum Gasteiger partial charge on any atom is -0.384 e. The van der Waals surface area contributed by atoms with Crippen molar-refractivity contribution in [2.45, 2.75) is 52.4 Å². The molecule has 4 rings (SSSR count). The normalized spacial score (nSPS) is 34.8. The highest BCUT2D eigenvalue weighted by atomic mass is 14.9. The van der Waals surface area contributed by atoms with Crippen molar-refractivity contribution in [2.24, 2.45) is 29.6 Å². The Morgan fingerprint density at radius 1 is 0.960 bits per heavy atom. The van der Waals surface area contributed by atoms with E-state index in [0.717, 1.165) is 24.3 Å². The molecule has 1 nitrogen and oxygen atoms in total. The average molecular weight is 336 g/mol. The van der Waals surface area contributed by atoms with Gasteiger partial charge in [0.2, 0.25) is 0 Å². The number of fused-ring (bicyclic) bond motifs is 1. The summed E-state index contributed by atoms with van der Waals surface area (Å²) in [5.41, 5.74) is 4.88. The standard InChI is InChI=1S/C24H33N/c1-17(2)24-15-22(23(16-25-24)19-9-4-3-5-10-19)21-14-8-12-18-11-6-7-13-20(18)21/h3-4,6,8,11-12,15,17-21,25H,5,7,9-10,13-14,16H2,1-2H3. The maximum atomic E-state index is 3.75. The van der Waals surface area contributed by atoms with E-state index in [1.54, 1.807) is 11.1 Å². The topological polar surface area (TPSA) is 12.0 Å². The molecule has 0 aromatic rings. The van der Waals surface area contributed by atoms with Crippen LogP contribution in [0.5, 0.6) is 0 Å². The third-order valence-corrected chi connectivity index (χ3v) is 6.73. The summed E-state index contributed by atoms with van der Waals surface area (Å²) in [4.78, 5) is 0. The number of nitrogens with one attached hydrogen (secondary N) is 1. The first-order chi connectivity index (χ1) is 12.2. The van der Waals surface area contributed by atoms with E-state index in [-0.39, 0.29) is 0 Å². The van der Waals surface area contributed by atoms with E-state index in [4.69, 9.17) is 0 Å². The lowest BCUT2D eigenvalue weighted by Crippen LogP contribution is -2.34. The Morgan fingerprint density at radius 3 is 2.60 bits per heavy atom. The van der Waals surface area contributed by atoms with Crippen molar-refractivity contribution in [2.75, 3.05) is 6.54 Å². The van der Waals surface area contributed by atoms with Gasteiger partial charge < -0.3 is 5.32 Å². The zero-order chi connectivity index (χ0) is 17.2. The van der Waals surface area contributed by atoms with E-state index in [0.29, 0.717) is 11.8 Å². The molecule has 1 heteroatoms. The van der Waals surface area contributed by atoms with Crippen LogP contribution in [0.2, 0.25) is 0 Å². The van der Waals surface area contributed by atoms with Gasteiger partial charge in [-0.25, -0.2) is 0 Å². The van der Waals surface area contributed by atoms with Gasteiger partial charge in [-0.05, 0) is 85.3 Å². The van der Waals surface area contributed by atoms with Gasteiger partial charge in [-0.1, -0.05) is 50.3 Å². The Hall–Kier alpha value is -1.50. The SMILES string of the molecule is CC(C)C1=CC(C2CC=CC3C=CCCC32)=C(C2CC=CCC2)CN1. The van der Waals surface area contributed by atoms with Gasteiger partial charge in [0.05, 0.1) is 0 Å². The molecule has 4 atom stereocenters. The molecule has 1 heterocycles. The Morgan fingerprint density at radius 2 is 1.80 bits per heavy atom. The van der Waals surface area contributed by atoms with Crippen LogP contribution in [0, 0.1) is 29.6 Å². The molecule has 1 N–H and O–H groups in total. The zero-order valence-corrected chi connectivity index (χ0v) is 15.9. The van der Waals surface area contributed by atoms with Crippen LogP contribution in [0.4, 0.5) is 0 Å². The highest BCUT2D eigenvalue weighted by Gasteiger charge is 2.35. The van der Waals surface area contributed by atoms with Gasteiger partial charge in [0.25, 0.3) is 0 Å². The first-order valence-electron chi connectivity index (χ1n) is 10.4. The molecular weight excluding hydrogens is 302 g/mol. The molecule has 0 aromatic heterocycles. The van der Waals surface area contributed by atoms with E-state index < -0.39 is 0 Å². The summed E-state index contributed by atoms with van der Waals surface area (Å²) in [6, 6.07) is 0. The van der Waals surface area contributed by atoms with Crippen LogP contribution < -0.4 is 5.32 Å². The third-order valence-electron chi connectivity index (χ3n) is 6.73. The Balaban J connectivity index is 1.72. The Labute approximate surface area is 153 Å². The van der Waals surface area contributed by atoms with Gasteiger partial charge in [0.1, 0.15) is 0 Å². The van der Waals surface area contributed by atoms with Gasteiger partial charge >= 0.3 is 0 Å². The van der Waals surface area contributed by atoms with Gasteiger partial charge in [0, 0.05) is 12.2 Å². The fraction of sp³-hybridized carbons (Fsp3) is 0.583. The minimum absolute atomic E-state index is 0.587. The first kappa shape index (κ1) is 16.9. The molecule has 0 saturated heterocycles. The van der Waals surface area contributed by atoms with Crippen molar-refractivity contribution in [3.05, 3.63) is 59.4 Å². The van der Waals surface area contributed by atoms with E-state index in [1.807, 2.05) is 0 Å². The van der Waals surface area contributed by atoms with Crippen LogP contribution in [0.1, 0.15) is 52.4 Å². The molecule has 0 amide bonds. The monoisotopic (exact) mass is 335 g/mol. The van der Waals surface area contributed by atoms with Crippen molar-refractivity contribution in [1.82, 2.24) is 5.32 Å². The van der Waals surface area contributed by atoms with Gasteiger partial charge in [0.15, 0.2) is 0 Å². The van der Waals surface area contributed by atoms with Crippen molar-refractivity contribution in [3.8, 4) is 0 Å². The molecular formula is C24H33N. The predicted molar refractivity (Wildman–Crippen MR) is 107 cm³/mol. The van der Waals surface area contributed by atoms with Crippen molar-refractivity contribution < 1.29 is 0 Å². The number of rotatable bonds is 3. The molecule has 0 bridgehead atoms. The van der Waals surface area contributed by atoms with Gasteiger partial charge in [-0.15, -0.1) is 0 Å². The molecule has 134 valence electrons.